The lowest BCUT2D eigenvalue weighted by molar-refractivity contribution is -0.126. The second kappa shape index (κ2) is 6.01. The molecule has 18 heavy (non-hydrogen) atoms. The highest BCUT2D eigenvalue weighted by Crippen LogP contribution is 2.11. The first kappa shape index (κ1) is 14.7. The lowest BCUT2D eigenvalue weighted by Gasteiger charge is -2.24. The lowest BCUT2D eigenvalue weighted by atomic mass is 9.97. The van der Waals surface area contributed by atoms with E-state index in [2.05, 4.69) is 24.4 Å². The van der Waals surface area contributed by atoms with Gasteiger partial charge in [-0.1, -0.05) is 31.2 Å². The van der Waals surface area contributed by atoms with Crippen LogP contribution in [0.2, 0.25) is 0 Å². The van der Waals surface area contributed by atoms with Crippen molar-refractivity contribution in [3.63, 3.8) is 0 Å². The van der Waals surface area contributed by atoms with E-state index in [-0.39, 0.29) is 11.9 Å². The second-order valence-corrected chi connectivity index (χ2v) is 5.28. The average Bonchev–Trinajstić information content (AvgIpc) is 2.32. The molecule has 1 aromatic carbocycles. The van der Waals surface area contributed by atoms with Gasteiger partial charge < -0.3 is 11.1 Å². The zero-order valence-electron chi connectivity index (χ0n) is 11.8. The minimum Gasteiger partial charge on any atom is -0.352 e. The number of carbonyl (C=O) groups is 1. The van der Waals surface area contributed by atoms with Crippen LogP contribution in [-0.4, -0.2) is 17.5 Å². The van der Waals surface area contributed by atoms with Crippen molar-refractivity contribution in [3.05, 3.63) is 35.4 Å². The van der Waals surface area contributed by atoms with Crippen molar-refractivity contribution in [2.75, 3.05) is 0 Å². The van der Waals surface area contributed by atoms with Gasteiger partial charge in [-0.05, 0) is 44.7 Å². The normalized spacial score (nSPS) is 15.8. The van der Waals surface area contributed by atoms with Crippen LogP contribution in [0.4, 0.5) is 0 Å². The van der Waals surface area contributed by atoms with Gasteiger partial charge in [-0.2, -0.15) is 0 Å². The number of carbonyl (C=O) groups excluding carboxylic acids is 1. The molecule has 1 rings (SSSR count). The number of amides is 1. The Labute approximate surface area is 110 Å². The molecule has 0 spiro atoms. The molecule has 0 bridgehead atoms. The summed E-state index contributed by atoms with van der Waals surface area (Å²) in [5.41, 5.74) is 7.66. The van der Waals surface area contributed by atoms with Gasteiger partial charge in [-0.3, -0.25) is 4.79 Å². The first-order valence-corrected chi connectivity index (χ1v) is 6.51. The highest BCUT2D eigenvalue weighted by molar-refractivity contribution is 5.85. The first-order valence-electron chi connectivity index (χ1n) is 6.51. The molecule has 3 heteroatoms. The van der Waals surface area contributed by atoms with Gasteiger partial charge in [0.2, 0.25) is 5.91 Å². The zero-order valence-corrected chi connectivity index (χ0v) is 11.8. The molecule has 0 saturated heterocycles. The molecule has 0 saturated carbocycles. The summed E-state index contributed by atoms with van der Waals surface area (Å²) in [5, 5.41) is 2.98. The Hall–Kier alpha value is -1.35. The summed E-state index contributed by atoms with van der Waals surface area (Å²) >= 11 is 0. The minimum absolute atomic E-state index is 0.0777. The molecule has 0 radical (unpaired) electrons. The molecule has 1 amide bonds. The van der Waals surface area contributed by atoms with Crippen LogP contribution in [0.5, 0.6) is 0 Å². The molecular formula is C15H24N2O. The average molecular weight is 248 g/mol. The minimum atomic E-state index is -0.778. The van der Waals surface area contributed by atoms with E-state index in [1.807, 2.05) is 26.0 Å². The lowest BCUT2D eigenvalue weighted by Crippen LogP contribution is -2.53. The van der Waals surface area contributed by atoms with Crippen molar-refractivity contribution >= 4 is 5.91 Å². The molecule has 2 atom stereocenters. The topological polar surface area (TPSA) is 55.1 Å². The Bertz CT molecular complexity index is 413. The summed E-state index contributed by atoms with van der Waals surface area (Å²) < 4.78 is 0. The Morgan fingerprint density at radius 2 is 2.06 bits per heavy atom. The van der Waals surface area contributed by atoms with Crippen molar-refractivity contribution in [2.45, 2.75) is 52.1 Å². The summed E-state index contributed by atoms with van der Waals surface area (Å²) in [6.45, 7) is 7.79. The number of nitrogens with two attached hydrogens (primary N) is 1. The number of rotatable bonds is 5. The fourth-order valence-corrected chi connectivity index (χ4v) is 1.77. The molecule has 0 heterocycles. The van der Waals surface area contributed by atoms with Crippen molar-refractivity contribution in [2.24, 2.45) is 5.73 Å². The van der Waals surface area contributed by atoms with Crippen LogP contribution in [0.25, 0.3) is 0 Å². The monoisotopic (exact) mass is 248 g/mol. The Morgan fingerprint density at radius 3 is 2.61 bits per heavy atom. The van der Waals surface area contributed by atoms with E-state index in [4.69, 9.17) is 5.73 Å². The van der Waals surface area contributed by atoms with E-state index in [1.165, 1.54) is 11.1 Å². The molecule has 0 aliphatic heterocycles. The van der Waals surface area contributed by atoms with E-state index >= 15 is 0 Å². The summed E-state index contributed by atoms with van der Waals surface area (Å²) in [6, 6.07) is 8.32. The maximum Gasteiger partial charge on any atom is 0.240 e. The molecular weight excluding hydrogens is 224 g/mol. The van der Waals surface area contributed by atoms with Gasteiger partial charge in [-0.25, -0.2) is 0 Å². The van der Waals surface area contributed by atoms with Crippen LogP contribution in [0, 0.1) is 6.92 Å². The summed E-state index contributed by atoms with van der Waals surface area (Å²) in [7, 11) is 0. The van der Waals surface area contributed by atoms with Crippen molar-refractivity contribution in [3.8, 4) is 0 Å². The molecule has 0 aliphatic rings. The predicted molar refractivity (Wildman–Crippen MR) is 75.4 cm³/mol. The Balaban J connectivity index is 2.60. The van der Waals surface area contributed by atoms with Gasteiger partial charge in [-0.15, -0.1) is 0 Å². The summed E-state index contributed by atoms with van der Waals surface area (Å²) in [4.78, 5) is 11.9. The fraction of sp³-hybridized carbons (Fsp3) is 0.533. The molecule has 3 nitrogen and oxygen atoms in total. The predicted octanol–water partition coefficient (Wildman–Crippen LogP) is 2.17. The highest BCUT2D eigenvalue weighted by atomic mass is 16.2. The van der Waals surface area contributed by atoms with Crippen molar-refractivity contribution in [1.29, 1.82) is 0 Å². The van der Waals surface area contributed by atoms with Gasteiger partial charge in [0.05, 0.1) is 5.54 Å². The quantitative estimate of drug-likeness (QED) is 0.839. The van der Waals surface area contributed by atoms with E-state index in [0.717, 1.165) is 6.42 Å². The smallest absolute Gasteiger partial charge is 0.240 e. The van der Waals surface area contributed by atoms with Gasteiger partial charge in [0, 0.05) is 6.04 Å². The SMILES string of the molecule is CCC(C)(N)C(=O)NC(C)Cc1ccccc1C. The van der Waals surface area contributed by atoms with Gasteiger partial charge >= 0.3 is 0 Å². The van der Waals surface area contributed by atoms with E-state index in [0.29, 0.717) is 6.42 Å². The molecule has 0 aliphatic carbocycles. The van der Waals surface area contributed by atoms with Gasteiger partial charge in [0.1, 0.15) is 0 Å². The summed E-state index contributed by atoms with van der Waals surface area (Å²) in [5.74, 6) is -0.0777. The third-order valence-corrected chi connectivity index (χ3v) is 3.42. The van der Waals surface area contributed by atoms with Crippen LogP contribution >= 0.6 is 0 Å². The second-order valence-electron chi connectivity index (χ2n) is 5.28. The van der Waals surface area contributed by atoms with Crippen molar-refractivity contribution in [1.82, 2.24) is 5.32 Å². The molecule has 0 fully saturated rings. The standard InChI is InChI=1S/C15H24N2O/c1-5-15(4,16)14(18)17-12(3)10-13-9-7-6-8-11(13)2/h6-9,12H,5,10,16H2,1-4H3,(H,17,18). The van der Waals surface area contributed by atoms with E-state index in [9.17, 15) is 4.79 Å². The van der Waals surface area contributed by atoms with E-state index < -0.39 is 5.54 Å². The molecule has 100 valence electrons. The largest absolute Gasteiger partial charge is 0.352 e. The molecule has 1 aromatic rings. The highest BCUT2D eigenvalue weighted by Gasteiger charge is 2.26. The molecule has 3 N–H and O–H groups in total. The van der Waals surface area contributed by atoms with Crippen LogP contribution < -0.4 is 11.1 Å². The maximum atomic E-state index is 11.9. The number of hydrogen-bond donors (Lipinski definition) is 2. The zero-order chi connectivity index (χ0) is 13.8. The van der Waals surface area contributed by atoms with Gasteiger partial charge in [0.15, 0.2) is 0 Å². The number of hydrogen-bond acceptors (Lipinski definition) is 2. The molecule has 0 aromatic heterocycles. The third-order valence-electron chi connectivity index (χ3n) is 3.42. The van der Waals surface area contributed by atoms with Gasteiger partial charge in [0.25, 0.3) is 0 Å². The Kier molecular flexibility index (Phi) is 4.91. The fourth-order valence-electron chi connectivity index (χ4n) is 1.77. The summed E-state index contributed by atoms with van der Waals surface area (Å²) in [6.07, 6.45) is 1.47. The third kappa shape index (κ3) is 3.84. The number of benzene rings is 1. The first-order chi connectivity index (χ1) is 8.36. The maximum absolute atomic E-state index is 11.9. The van der Waals surface area contributed by atoms with E-state index in [1.54, 1.807) is 6.92 Å². The van der Waals surface area contributed by atoms with Crippen molar-refractivity contribution < 1.29 is 4.79 Å². The number of nitrogens with one attached hydrogen (secondary N) is 1. The number of aryl methyl sites for hydroxylation is 1. The van der Waals surface area contributed by atoms with Crippen LogP contribution in [0.3, 0.4) is 0 Å². The van der Waals surface area contributed by atoms with Crippen LogP contribution in [-0.2, 0) is 11.2 Å². The van der Waals surface area contributed by atoms with Crippen LogP contribution in [0.1, 0.15) is 38.3 Å². The Morgan fingerprint density at radius 1 is 1.44 bits per heavy atom. The van der Waals surface area contributed by atoms with Crippen LogP contribution in [0.15, 0.2) is 24.3 Å². The molecule has 2 unspecified atom stereocenters.